The molecule has 0 bridgehead atoms. The molecule has 2 aliphatic rings. The van der Waals surface area contributed by atoms with Gasteiger partial charge in [-0.2, -0.15) is 0 Å². The molecule has 1 aromatic rings. The summed E-state index contributed by atoms with van der Waals surface area (Å²) in [5.74, 6) is -0.0835. The first-order valence-electron chi connectivity index (χ1n) is 7.25. The Bertz CT molecular complexity index is 477. The van der Waals surface area contributed by atoms with Gasteiger partial charge < -0.3 is 20.3 Å². The minimum atomic E-state index is -0.452. The zero-order chi connectivity index (χ0) is 14.0. The fourth-order valence-corrected chi connectivity index (χ4v) is 3.48. The highest BCUT2D eigenvalue weighted by Gasteiger charge is 2.36. The smallest absolute Gasteiger partial charge is 0.363 e. The van der Waals surface area contributed by atoms with Gasteiger partial charge in [0.25, 0.3) is 0 Å². The molecule has 0 radical (unpaired) electrons. The lowest BCUT2D eigenvalue weighted by Crippen LogP contribution is -2.51. The Morgan fingerprint density at radius 2 is 2.20 bits per heavy atom. The van der Waals surface area contributed by atoms with Gasteiger partial charge in [0.1, 0.15) is 0 Å². The Morgan fingerprint density at radius 1 is 1.35 bits per heavy atom. The number of pyridine rings is 1. The number of rotatable bonds is 2. The quantitative estimate of drug-likeness (QED) is 0.660. The normalized spacial score (nSPS) is 26.7. The Labute approximate surface area is 118 Å². The third-order valence-electron chi connectivity index (χ3n) is 4.51. The molecule has 0 amide bonds. The van der Waals surface area contributed by atoms with Gasteiger partial charge >= 0.3 is 5.82 Å². The number of hydrogen-bond acceptors (Lipinski definition) is 5. The average Bonchev–Trinajstić information content (AvgIpc) is 2.48. The van der Waals surface area contributed by atoms with Crippen molar-refractivity contribution in [2.24, 2.45) is 5.41 Å². The van der Waals surface area contributed by atoms with E-state index in [-0.39, 0.29) is 5.82 Å². The summed E-state index contributed by atoms with van der Waals surface area (Å²) in [7, 11) is 0. The molecule has 20 heavy (non-hydrogen) atoms. The van der Waals surface area contributed by atoms with E-state index in [1.54, 1.807) is 6.20 Å². The van der Waals surface area contributed by atoms with Crippen molar-refractivity contribution < 1.29 is 4.92 Å². The molecule has 108 valence electrons. The van der Waals surface area contributed by atoms with Crippen LogP contribution in [0.25, 0.3) is 0 Å². The average molecular weight is 276 g/mol. The molecule has 1 atom stereocenters. The first kappa shape index (κ1) is 13.3. The number of nitrogens with zero attached hydrogens (tertiary/aromatic N) is 3. The third kappa shape index (κ3) is 2.60. The van der Waals surface area contributed by atoms with Crippen molar-refractivity contribution in [2.45, 2.75) is 25.7 Å². The van der Waals surface area contributed by atoms with Crippen LogP contribution in [0.15, 0.2) is 18.3 Å². The van der Waals surface area contributed by atoms with Crippen molar-refractivity contribution >= 4 is 11.5 Å². The fraction of sp³-hybridized carbons (Fsp3) is 0.643. The SMILES string of the molecule is O=[N+]([O-])c1ccc(N2CCCC3(CCCNC3)C2)cn1. The van der Waals surface area contributed by atoms with E-state index in [0.717, 1.165) is 31.9 Å². The maximum Gasteiger partial charge on any atom is 0.363 e. The second-order valence-electron chi connectivity index (χ2n) is 5.94. The fourth-order valence-electron chi connectivity index (χ4n) is 3.48. The Balaban J connectivity index is 1.74. The summed E-state index contributed by atoms with van der Waals surface area (Å²) in [4.78, 5) is 16.5. The van der Waals surface area contributed by atoms with E-state index in [4.69, 9.17) is 0 Å². The second-order valence-corrected chi connectivity index (χ2v) is 5.94. The van der Waals surface area contributed by atoms with E-state index >= 15 is 0 Å². The number of nitrogens with one attached hydrogen (secondary N) is 1. The van der Waals surface area contributed by atoms with Crippen molar-refractivity contribution in [1.82, 2.24) is 10.3 Å². The summed E-state index contributed by atoms with van der Waals surface area (Å²) < 4.78 is 0. The zero-order valence-electron chi connectivity index (χ0n) is 11.5. The van der Waals surface area contributed by atoms with E-state index in [1.807, 2.05) is 6.07 Å². The van der Waals surface area contributed by atoms with Crippen LogP contribution in [0.5, 0.6) is 0 Å². The molecule has 1 unspecified atom stereocenters. The van der Waals surface area contributed by atoms with E-state index in [2.05, 4.69) is 15.2 Å². The monoisotopic (exact) mass is 276 g/mol. The summed E-state index contributed by atoms with van der Waals surface area (Å²) in [6, 6.07) is 3.32. The minimum Gasteiger partial charge on any atom is -0.368 e. The van der Waals surface area contributed by atoms with E-state index < -0.39 is 4.92 Å². The Kier molecular flexibility index (Phi) is 3.56. The minimum absolute atomic E-state index is 0.0835. The standard InChI is InChI=1S/C14H20N4O2/c19-18(20)13-4-3-12(9-16-13)17-8-2-6-14(11-17)5-1-7-15-10-14/h3-4,9,15H,1-2,5-8,10-11H2. The maximum absolute atomic E-state index is 10.7. The highest BCUT2D eigenvalue weighted by Crippen LogP contribution is 2.37. The van der Waals surface area contributed by atoms with Gasteiger partial charge in [-0.25, -0.2) is 0 Å². The van der Waals surface area contributed by atoms with Crippen LogP contribution in [-0.4, -0.2) is 36.1 Å². The van der Waals surface area contributed by atoms with Crippen LogP contribution in [0.2, 0.25) is 0 Å². The van der Waals surface area contributed by atoms with E-state index in [1.165, 1.54) is 31.7 Å². The zero-order valence-corrected chi connectivity index (χ0v) is 11.5. The van der Waals surface area contributed by atoms with Gasteiger partial charge in [0.05, 0.1) is 5.69 Å². The molecule has 0 aliphatic carbocycles. The lowest BCUT2D eigenvalue weighted by molar-refractivity contribution is -0.389. The van der Waals surface area contributed by atoms with Crippen molar-refractivity contribution in [3.8, 4) is 0 Å². The molecule has 6 heteroatoms. The van der Waals surface area contributed by atoms with Crippen LogP contribution in [-0.2, 0) is 0 Å². The molecule has 2 saturated heterocycles. The van der Waals surface area contributed by atoms with E-state index in [9.17, 15) is 10.1 Å². The van der Waals surface area contributed by atoms with Gasteiger partial charge in [0, 0.05) is 31.1 Å². The first-order valence-corrected chi connectivity index (χ1v) is 7.25. The summed E-state index contributed by atoms with van der Waals surface area (Å²) >= 11 is 0. The van der Waals surface area contributed by atoms with Crippen LogP contribution in [0.3, 0.4) is 0 Å². The summed E-state index contributed by atoms with van der Waals surface area (Å²) in [6.07, 6.45) is 6.60. The summed E-state index contributed by atoms with van der Waals surface area (Å²) in [6.45, 7) is 4.26. The summed E-state index contributed by atoms with van der Waals surface area (Å²) in [5, 5.41) is 14.2. The molecular formula is C14H20N4O2. The predicted molar refractivity (Wildman–Crippen MR) is 76.9 cm³/mol. The largest absolute Gasteiger partial charge is 0.368 e. The lowest BCUT2D eigenvalue weighted by atomic mass is 9.74. The first-order chi connectivity index (χ1) is 9.69. The molecule has 2 aliphatic heterocycles. The van der Waals surface area contributed by atoms with Crippen molar-refractivity contribution in [1.29, 1.82) is 0 Å². The van der Waals surface area contributed by atoms with Gasteiger partial charge in [-0.05, 0) is 48.2 Å². The molecule has 0 saturated carbocycles. The van der Waals surface area contributed by atoms with Crippen LogP contribution in [0.4, 0.5) is 11.5 Å². The van der Waals surface area contributed by atoms with Crippen molar-refractivity contribution in [3.05, 3.63) is 28.4 Å². The molecular weight excluding hydrogens is 256 g/mol. The van der Waals surface area contributed by atoms with Crippen LogP contribution in [0.1, 0.15) is 25.7 Å². The molecule has 1 aromatic heterocycles. The summed E-state index contributed by atoms with van der Waals surface area (Å²) in [5.41, 5.74) is 1.37. The lowest BCUT2D eigenvalue weighted by Gasteiger charge is -2.46. The predicted octanol–water partition coefficient (Wildman–Crippen LogP) is 1.96. The highest BCUT2D eigenvalue weighted by atomic mass is 16.6. The maximum atomic E-state index is 10.7. The van der Waals surface area contributed by atoms with Gasteiger partial charge in [-0.3, -0.25) is 0 Å². The molecule has 3 heterocycles. The van der Waals surface area contributed by atoms with Gasteiger partial charge in [-0.1, -0.05) is 0 Å². The van der Waals surface area contributed by atoms with Crippen LogP contribution < -0.4 is 10.2 Å². The Morgan fingerprint density at radius 3 is 2.85 bits per heavy atom. The number of aromatic nitrogens is 1. The number of anilines is 1. The molecule has 2 fully saturated rings. The number of piperidine rings is 2. The van der Waals surface area contributed by atoms with Gasteiger partial charge in [0.2, 0.25) is 0 Å². The molecule has 1 spiro atoms. The molecule has 6 nitrogen and oxygen atoms in total. The van der Waals surface area contributed by atoms with Crippen LogP contribution in [0, 0.1) is 15.5 Å². The molecule has 3 rings (SSSR count). The van der Waals surface area contributed by atoms with E-state index in [0.29, 0.717) is 5.41 Å². The van der Waals surface area contributed by atoms with Crippen LogP contribution >= 0.6 is 0 Å². The molecule has 0 aromatic carbocycles. The third-order valence-corrected chi connectivity index (χ3v) is 4.51. The Hall–Kier alpha value is -1.69. The number of nitro groups is 1. The number of hydrogen-bond donors (Lipinski definition) is 1. The van der Waals surface area contributed by atoms with Crippen molar-refractivity contribution in [3.63, 3.8) is 0 Å². The van der Waals surface area contributed by atoms with Gasteiger partial charge in [-0.15, -0.1) is 0 Å². The molecule has 1 N–H and O–H groups in total. The highest BCUT2D eigenvalue weighted by molar-refractivity contribution is 5.47. The topological polar surface area (TPSA) is 71.3 Å². The second kappa shape index (κ2) is 5.36. The van der Waals surface area contributed by atoms with Crippen molar-refractivity contribution in [2.75, 3.05) is 31.1 Å². The van der Waals surface area contributed by atoms with Gasteiger partial charge in [0.15, 0.2) is 6.20 Å².